The number of amides is 1. The number of aromatic nitrogens is 2. The van der Waals surface area contributed by atoms with Crippen LogP contribution in [0.5, 0.6) is 0 Å². The minimum Gasteiger partial charge on any atom is -0.336 e. The minimum absolute atomic E-state index is 0.161. The number of hydrogen-bond donors (Lipinski definition) is 0. The van der Waals surface area contributed by atoms with Crippen LogP contribution >= 0.6 is 0 Å². The average Bonchev–Trinajstić information content (AvgIpc) is 2.19. The summed E-state index contributed by atoms with van der Waals surface area (Å²) in [7, 11) is 0. The van der Waals surface area contributed by atoms with Crippen molar-refractivity contribution in [2.45, 2.75) is 13.8 Å². The molecule has 14 heavy (non-hydrogen) atoms. The Balaban J connectivity index is 2.88. The second-order valence-corrected chi connectivity index (χ2v) is 2.78. The molecule has 0 bridgehead atoms. The first kappa shape index (κ1) is 10.6. The van der Waals surface area contributed by atoms with E-state index in [2.05, 4.69) is 9.97 Å². The summed E-state index contributed by atoms with van der Waals surface area (Å²) in [4.78, 5) is 21.1. The minimum atomic E-state index is -0.178. The maximum absolute atomic E-state index is 11.7. The molecule has 0 unspecified atom stereocenters. The molecule has 4 nitrogen and oxygen atoms in total. The van der Waals surface area contributed by atoms with E-state index in [4.69, 9.17) is 6.92 Å². The van der Waals surface area contributed by atoms with Gasteiger partial charge in [0.1, 0.15) is 0 Å². The summed E-state index contributed by atoms with van der Waals surface area (Å²) in [6.07, 6.45) is 1.49. The molecule has 74 valence electrons. The molecular formula is C10H13N3O. The number of carbonyl (C=O) groups is 1. The summed E-state index contributed by atoms with van der Waals surface area (Å²) in [5.41, 5.74) is 0.315. The molecule has 0 spiro atoms. The summed E-state index contributed by atoms with van der Waals surface area (Å²) in [5.74, 6) is -0.0176. The van der Waals surface area contributed by atoms with Gasteiger partial charge >= 0.3 is 0 Å². The molecule has 0 aliphatic carbocycles. The maximum Gasteiger partial charge on any atom is 0.291 e. The Morgan fingerprint density at radius 1 is 1.50 bits per heavy atom. The van der Waals surface area contributed by atoms with Crippen molar-refractivity contribution >= 4 is 5.91 Å². The van der Waals surface area contributed by atoms with Crippen LogP contribution in [0.25, 0.3) is 0 Å². The van der Waals surface area contributed by atoms with Gasteiger partial charge in [0.15, 0.2) is 0 Å². The first-order valence-electron chi connectivity index (χ1n) is 4.56. The largest absolute Gasteiger partial charge is 0.336 e. The Hall–Kier alpha value is -1.45. The Morgan fingerprint density at radius 3 is 2.64 bits per heavy atom. The molecule has 1 rings (SSSR count). The first-order valence-corrected chi connectivity index (χ1v) is 4.56. The van der Waals surface area contributed by atoms with Crippen molar-refractivity contribution in [3.8, 4) is 0 Å². The van der Waals surface area contributed by atoms with Crippen LogP contribution in [0.1, 0.15) is 30.2 Å². The van der Waals surface area contributed by atoms with E-state index in [1.54, 1.807) is 11.0 Å². The van der Waals surface area contributed by atoms with Crippen molar-refractivity contribution in [1.29, 1.82) is 0 Å². The standard InChI is InChI=1S/C10H13N3O/c1-4-13(5-2)10(14)9-11-7-6-8(3)12-9/h3,6-7H,4-5H2,1-2H3. The zero-order valence-corrected chi connectivity index (χ0v) is 8.40. The fourth-order valence-electron chi connectivity index (χ4n) is 1.13. The lowest BCUT2D eigenvalue weighted by Crippen LogP contribution is -2.31. The molecule has 1 aromatic heterocycles. The van der Waals surface area contributed by atoms with Crippen molar-refractivity contribution in [3.05, 3.63) is 30.7 Å². The molecule has 0 aliphatic heterocycles. The van der Waals surface area contributed by atoms with E-state index >= 15 is 0 Å². The second-order valence-electron chi connectivity index (χ2n) is 2.78. The molecule has 4 heteroatoms. The van der Waals surface area contributed by atoms with Gasteiger partial charge < -0.3 is 4.90 Å². The molecule has 0 N–H and O–H groups in total. The van der Waals surface area contributed by atoms with Crippen LogP contribution in [0.15, 0.2) is 12.3 Å². The molecular weight excluding hydrogens is 178 g/mol. The fraction of sp³-hybridized carbons (Fsp3) is 0.400. The molecule has 1 heterocycles. The van der Waals surface area contributed by atoms with Crippen LogP contribution in [-0.4, -0.2) is 33.9 Å². The highest BCUT2D eigenvalue weighted by Gasteiger charge is 2.14. The van der Waals surface area contributed by atoms with Crippen LogP contribution in [-0.2, 0) is 0 Å². The van der Waals surface area contributed by atoms with Crippen molar-refractivity contribution in [1.82, 2.24) is 14.9 Å². The van der Waals surface area contributed by atoms with Gasteiger partial charge in [-0.3, -0.25) is 4.79 Å². The average molecular weight is 191 g/mol. The lowest BCUT2D eigenvalue weighted by molar-refractivity contribution is 0.0760. The van der Waals surface area contributed by atoms with Crippen molar-refractivity contribution in [2.75, 3.05) is 13.1 Å². The van der Waals surface area contributed by atoms with Gasteiger partial charge in [0.05, 0.1) is 0 Å². The van der Waals surface area contributed by atoms with Gasteiger partial charge in [0.25, 0.3) is 5.91 Å². The van der Waals surface area contributed by atoms with Gasteiger partial charge in [0, 0.05) is 31.9 Å². The van der Waals surface area contributed by atoms with E-state index in [0.29, 0.717) is 18.8 Å². The van der Waals surface area contributed by atoms with Crippen LogP contribution in [0, 0.1) is 6.92 Å². The predicted molar refractivity (Wildman–Crippen MR) is 52.7 cm³/mol. The normalized spacial score (nSPS) is 9.93. The molecule has 2 radical (unpaired) electrons. The highest BCUT2D eigenvalue weighted by atomic mass is 16.2. The first-order chi connectivity index (χ1) is 6.69. The third kappa shape index (κ3) is 2.28. The van der Waals surface area contributed by atoms with Crippen molar-refractivity contribution < 1.29 is 4.79 Å². The van der Waals surface area contributed by atoms with E-state index in [1.165, 1.54) is 6.20 Å². The highest BCUT2D eigenvalue weighted by molar-refractivity contribution is 5.90. The van der Waals surface area contributed by atoms with E-state index in [0.717, 1.165) is 0 Å². The fourth-order valence-corrected chi connectivity index (χ4v) is 1.13. The van der Waals surface area contributed by atoms with Crippen LogP contribution < -0.4 is 0 Å². The number of rotatable bonds is 3. The van der Waals surface area contributed by atoms with Gasteiger partial charge in [-0.15, -0.1) is 0 Å². The number of carbonyl (C=O) groups excluding carboxylic acids is 1. The van der Waals surface area contributed by atoms with E-state index in [9.17, 15) is 4.79 Å². The van der Waals surface area contributed by atoms with Gasteiger partial charge in [-0.2, -0.15) is 0 Å². The smallest absolute Gasteiger partial charge is 0.291 e. The van der Waals surface area contributed by atoms with Crippen LogP contribution in [0.2, 0.25) is 0 Å². The lowest BCUT2D eigenvalue weighted by atomic mass is 10.4. The van der Waals surface area contributed by atoms with Gasteiger partial charge in [0.2, 0.25) is 5.82 Å². The second kappa shape index (κ2) is 4.69. The summed E-state index contributed by atoms with van der Waals surface area (Å²) in [5, 5.41) is 0. The quantitative estimate of drug-likeness (QED) is 0.716. The summed E-state index contributed by atoms with van der Waals surface area (Å²) in [6, 6.07) is 1.55. The Labute approximate surface area is 84.0 Å². The van der Waals surface area contributed by atoms with Gasteiger partial charge in [-0.25, -0.2) is 9.97 Å². The third-order valence-corrected chi connectivity index (χ3v) is 1.92. The van der Waals surface area contributed by atoms with E-state index in [1.807, 2.05) is 13.8 Å². The zero-order valence-electron chi connectivity index (χ0n) is 8.40. The Kier molecular flexibility index (Phi) is 3.56. The predicted octanol–water partition coefficient (Wildman–Crippen LogP) is 1.02. The number of hydrogen-bond acceptors (Lipinski definition) is 3. The zero-order chi connectivity index (χ0) is 10.6. The van der Waals surface area contributed by atoms with Crippen molar-refractivity contribution in [3.63, 3.8) is 0 Å². The molecule has 0 atom stereocenters. The van der Waals surface area contributed by atoms with Crippen molar-refractivity contribution in [2.24, 2.45) is 0 Å². The summed E-state index contributed by atoms with van der Waals surface area (Å²) in [6.45, 7) is 10.6. The maximum atomic E-state index is 11.7. The monoisotopic (exact) mass is 191 g/mol. The Bertz CT molecular complexity index is 321. The SMILES string of the molecule is [CH]c1ccnc(C(=O)N(CC)CC)n1. The lowest BCUT2D eigenvalue weighted by Gasteiger charge is -2.17. The van der Waals surface area contributed by atoms with Crippen LogP contribution in [0.3, 0.4) is 0 Å². The molecule has 0 saturated heterocycles. The van der Waals surface area contributed by atoms with Gasteiger partial charge in [-0.05, 0) is 19.9 Å². The molecule has 0 saturated carbocycles. The summed E-state index contributed by atoms with van der Waals surface area (Å²) < 4.78 is 0. The molecule has 1 aromatic rings. The topological polar surface area (TPSA) is 46.1 Å². The van der Waals surface area contributed by atoms with Gasteiger partial charge in [-0.1, -0.05) is 0 Å². The molecule has 0 aromatic carbocycles. The highest BCUT2D eigenvalue weighted by Crippen LogP contribution is 1.99. The molecule has 0 aliphatic rings. The van der Waals surface area contributed by atoms with Crippen LogP contribution in [0.4, 0.5) is 0 Å². The molecule has 1 amide bonds. The number of nitrogens with zero attached hydrogens (tertiary/aromatic N) is 3. The summed E-state index contributed by atoms with van der Waals surface area (Å²) >= 11 is 0. The third-order valence-electron chi connectivity index (χ3n) is 1.92. The van der Waals surface area contributed by atoms with E-state index in [-0.39, 0.29) is 11.7 Å². The Morgan fingerprint density at radius 2 is 2.14 bits per heavy atom. The van der Waals surface area contributed by atoms with E-state index < -0.39 is 0 Å². The molecule has 0 fully saturated rings.